The van der Waals surface area contributed by atoms with Crippen LogP contribution in [0.5, 0.6) is 0 Å². The Hall–Kier alpha value is -2.62. The molecule has 2 aromatic rings. The van der Waals surface area contributed by atoms with E-state index >= 15 is 0 Å². The van der Waals surface area contributed by atoms with Crippen molar-refractivity contribution in [2.24, 2.45) is 5.41 Å². The molecule has 0 radical (unpaired) electrons. The van der Waals surface area contributed by atoms with Crippen LogP contribution in [0.4, 0.5) is 23.7 Å². The lowest BCUT2D eigenvalue weighted by molar-refractivity contribution is -0.137. The first-order valence-electron chi connectivity index (χ1n) is 10.3. The predicted molar refractivity (Wildman–Crippen MR) is 106 cm³/mol. The molecule has 0 aliphatic carbocycles. The summed E-state index contributed by atoms with van der Waals surface area (Å²) < 4.78 is 49.7. The Kier molecular flexibility index (Phi) is 5.67. The summed E-state index contributed by atoms with van der Waals surface area (Å²) in [6.45, 7) is 6.02. The maximum Gasteiger partial charge on any atom is 0.416 e. The van der Waals surface area contributed by atoms with Crippen molar-refractivity contribution < 1.29 is 27.1 Å². The Labute approximate surface area is 178 Å². The van der Waals surface area contributed by atoms with Crippen molar-refractivity contribution >= 4 is 11.7 Å². The van der Waals surface area contributed by atoms with Gasteiger partial charge in [0, 0.05) is 43.3 Å². The van der Waals surface area contributed by atoms with E-state index in [4.69, 9.17) is 9.15 Å². The highest BCUT2D eigenvalue weighted by Gasteiger charge is 2.51. The molecule has 7 nitrogen and oxygen atoms in total. The first-order chi connectivity index (χ1) is 14.7. The second-order valence-electron chi connectivity index (χ2n) is 8.55. The van der Waals surface area contributed by atoms with E-state index in [1.807, 2.05) is 13.8 Å². The van der Waals surface area contributed by atoms with E-state index in [0.717, 1.165) is 25.0 Å². The van der Waals surface area contributed by atoms with E-state index in [9.17, 15) is 18.0 Å². The molecule has 1 aromatic carbocycles. The summed E-state index contributed by atoms with van der Waals surface area (Å²) in [4.78, 5) is 14.6. The minimum absolute atomic E-state index is 0.104. The zero-order valence-electron chi connectivity index (χ0n) is 17.4. The number of amides is 2. The predicted octanol–water partition coefficient (Wildman–Crippen LogP) is 4.64. The lowest BCUT2D eigenvalue weighted by Crippen LogP contribution is -2.38. The molecule has 1 spiro atoms. The molecule has 0 saturated carbocycles. The molecule has 168 valence electrons. The second-order valence-corrected chi connectivity index (χ2v) is 8.55. The normalized spacial score (nSPS) is 21.1. The van der Waals surface area contributed by atoms with Gasteiger partial charge in [0.1, 0.15) is 0 Å². The van der Waals surface area contributed by atoms with E-state index < -0.39 is 11.7 Å². The Morgan fingerprint density at radius 1 is 1.19 bits per heavy atom. The fourth-order valence-corrected chi connectivity index (χ4v) is 4.31. The Balaban J connectivity index is 1.51. The Morgan fingerprint density at radius 2 is 1.87 bits per heavy atom. The van der Waals surface area contributed by atoms with Crippen LogP contribution in [-0.2, 0) is 10.9 Å². The van der Waals surface area contributed by atoms with Crippen LogP contribution < -0.4 is 5.32 Å². The van der Waals surface area contributed by atoms with E-state index in [1.54, 1.807) is 4.90 Å². The van der Waals surface area contributed by atoms with E-state index in [-0.39, 0.29) is 23.3 Å². The van der Waals surface area contributed by atoms with Crippen LogP contribution in [0.1, 0.15) is 55.9 Å². The van der Waals surface area contributed by atoms with Gasteiger partial charge in [-0.25, -0.2) is 4.79 Å². The van der Waals surface area contributed by atoms with Crippen molar-refractivity contribution in [2.75, 3.05) is 31.6 Å². The number of alkyl halides is 3. The standard InChI is InChI=1S/C21H25F3N4O3/c1-13(2)17-26-27-18(31-17)16-11-28(12-20(16)7-9-30-10-8-20)19(29)25-15-5-3-14(4-6-15)21(22,23)24/h3-6,13,16H,7-12H2,1-2H3,(H,25,29). The number of ether oxygens (including phenoxy) is 1. The first-order valence-corrected chi connectivity index (χ1v) is 10.3. The number of nitrogens with one attached hydrogen (secondary N) is 1. The zero-order chi connectivity index (χ0) is 22.2. The van der Waals surface area contributed by atoms with Gasteiger partial charge in [0.2, 0.25) is 11.8 Å². The van der Waals surface area contributed by atoms with Crippen LogP contribution in [-0.4, -0.2) is 47.4 Å². The van der Waals surface area contributed by atoms with Crippen LogP contribution in [0.25, 0.3) is 0 Å². The number of benzene rings is 1. The zero-order valence-corrected chi connectivity index (χ0v) is 17.4. The molecule has 0 bridgehead atoms. The molecule has 1 atom stereocenters. The second kappa shape index (κ2) is 8.14. The third-order valence-corrected chi connectivity index (χ3v) is 6.14. The van der Waals surface area contributed by atoms with E-state index in [2.05, 4.69) is 15.5 Å². The summed E-state index contributed by atoms with van der Waals surface area (Å²) in [5.74, 6) is 1.07. The number of likely N-dealkylation sites (tertiary alicyclic amines) is 1. The van der Waals surface area contributed by atoms with Crippen molar-refractivity contribution in [3.63, 3.8) is 0 Å². The van der Waals surface area contributed by atoms with Gasteiger partial charge in [0.25, 0.3) is 0 Å². The summed E-state index contributed by atoms with van der Waals surface area (Å²) in [6, 6.07) is 4.05. The maximum atomic E-state index is 12.9. The summed E-state index contributed by atoms with van der Waals surface area (Å²) in [7, 11) is 0. The number of nitrogens with zero attached hydrogens (tertiary/aromatic N) is 3. The summed E-state index contributed by atoms with van der Waals surface area (Å²) in [5, 5.41) is 11.1. The molecule has 4 rings (SSSR count). The van der Waals surface area contributed by atoms with Gasteiger partial charge in [0.05, 0.1) is 11.5 Å². The maximum absolute atomic E-state index is 12.9. The van der Waals surface area contributed by atoms with Crippen LogP contribution in [0, 0.1) is 5.41 Å². The Morgan fingerprint density at radius 3 is 2.45 bits per heavy atom. The molecule has 2 amide bonds. The molecule has 1 unspecified atom stereocenters. The van der Waals surface area contributed by atoms with Crippen molar-refractivity contribution in [2.45, 2.75) is 44.7 Å². The average Bonchev–Trinajstić information content (AvgIpc) is 3.34. The van der Waals surface area contributed by atoms with Gasteiger partial charge >= 0.3 is 12.2 Å². The third-order valence-electron chi connectivity index (χ3n) is 6.14. The number of hydrogen-bond acceptors (Lipinski definition) is 5. The third kappa shape index (κ3) is 4.39. The van der Waals surface area contributed by atoms with Gasteiger partial charge in [-0.05, 0) is 37.1 Å². The molecule has 3 heterocycles. The number of anilines is 1. The smallest absolute Gasteiger partial charge is 0.416 e. The highest BCUT2D eigenvalue weighted by Crippen LogP contribution is 2.49. The number of halogens is 3. The van der Waals surface area contributed by atoms with Crippen LogP contribution in [0.2, 0.25) is 0 Å². The number of carbonyl (C=O) groups excluding carboxylic acids is 1. The monoisotopic (exact) mass is 438 g/mol. The lowest BCUT2D eigenvalue weighted by atomic mass is 9.72. The molecular formula is C21H25F3N4O3. The Bertz CT molecular complexity index is 921. The molecule has 2 aliphatic heterocycles. The minimum Gasteiger partial charge on any atom is -0.425 e. The molecule has 1 N–H and O–H groups in total. The molecular weight excluding hydrogens is 413 g/mol. The van der Waals surface area contributed by atoms with Crippen molar-refractivity contribution in [3.05, 3.63) is 41.6 Å². The van der Waals surface area contributed by atoms with Crippen molar-refractivity contribution in [3.8, 4) is 0 Å². The van der Waals surface area contributed by atoms with Crippen LogP contribution >= 0.6 is 0 Å². The van der Waals surface area contributed by atoms with Crippen LogP contribution in [0.15, 0.2) is 28.7 Å². The van der Waals surface area contributed by atoms with E-state index in [1.165, 1.54) is 12.1 Å². The largest absolute Gasteiger partial charge is 0.425 e. The summed E-state index contributed by atoms with van der Waals surface area (Å²) in [6.07, 6.45) is -2.89. The fraction of sp³-hybridized carbons (Fsp3) is 0.571. The highest BCUT2D eigenvalue weighted by atomic mass is 19.4. The van der Waals surface area contributed by atoms with Crippen molar-refractivity contribution in [1.82, 2.24) is 15.1 Å². The quantitative estimate of drug-likeness (QED) is 0.755. The van der Waals surface area contributed by atoms with Gasteiger partial charge < -0.3 is 19.4 Å². The fourth-order valence-electron chi connectivity index (χ4n) is 4.31. The molecule has 2 saturated heterocycles. The molecule has 31 heavy (non-hydrogen) atoms. The highest BCUT2D eigenvalue weighted by molar-refractivity contribution is 5.89. The number of aromatic nitrogens is 2. The topological polar surface area (TPSA) is 80.5 Å². The van der Waals surface area contributed by atoms with Gasteiger partial charge in [-0.1, -0.05) is 13.8 Å². The van der Waals surface area contributed by atoms with Crippen molar-refractivity contribution in [1.29, 1.82) is 0 Å². The van der Waals surface area contributed by atoms with Gasteiger partial charge in [-0.2, -0.15) is 13.2 Å². The molecule has 1 aromatic heterocycles. The molecule has 2 aliphatic rings. The number of urea groups is 1. The van der Waals surface area contributed by atoms with Gasteiger partial charge in [-0.3, -0.25) is 0 Å². The number of carbonyl (C=O) groups is 1. The van der Waals surface area contributed by atoms with Gasteiger partial charge in [0.15, 0.2) is 0 Å². The molecule has 2 fully saturated rings. The number of hydrogen-bond donors (Lipinski definition) is 1. The lowest BCUT2D eigenvalue weighted by Gasteiger charge is -2.36. The first kappa shape index (κ1) is 21.6. The van der Waals surface area contributed by atoms with Gasteiger partial charge in [-0.15, -0.1) is 10.2 Å². The molecule has 10 heteroatoms. The van der Waals surface area contributed by atoms with E-state index in [0.29, 0.717) is 43.8 Å². The average molecular weight is 438 g/mol. The number of rotatable bonds is 3. The minimum atomic E-state index is -4.42. The summed E-state index contributed by atoms with van der Waals surface area (Å²) >= 11 is 0. The summed E-state index contributed by atoms with van der Waals surface area (Å²) in [5.41, 5.74) is -0.677. The van der Waals surface area contributed by atoms with Crippen LogP contribution in [0.3, 0.4) is 0 Å². The SMILES string of the molecule is CC(C)c1nnc(C2CN(C(=O)Nc3ccc(C(F)(F)F)cc3)CC23CCOCC3)o1.